The van der Waals surface area contributed by atoms with Gasteiger partial charge in [0.25, 0.3) is 5.91 Å². The number of hydrogen-bond donors (Lipinski definition) is 1. The summed E-state index contributed by atoms with van der Waals surface area (Å²) in [5.74, 6) is -0.116. The third-order valence-corrected chi connectivity index (χ3v) is 3.48. The van der Waals surface area contributed by atoms with Crippen LogP contribution < -0.4 is 16.2 Å². The Kier molecular flexibility index (Phi) is 4.36. The second-order valence-electron chi connectivity index (χ2n) is 5.18. The van der Waals surface area contributed by atoms with Crippen LogP contribution in [0.4, 0.5) is 0 Å². The van der Waals surface area contributed by atoms with Crippen molar-refractivity contribution in [3.05, 3.63) is 34.2 Å². The largest absolute Gasteiger partial charge is 0.368 e. The number of nitrogens with two attached hydrogens (primary N) is 1. The van der Waals surface area contributed by atoms with Gasteiger partial charge in [0, 0.05) is 0 Å². The van der Waals surface area contributed by atoms with Gasteiger partial charge >= 0.3 is 0 Å². The molecule has 1 atom stereocenters. The Morgan fingerprint density at radius 1 is 1.14 bits per heavy atom. The van der Waals surface area contributed by atoms with Gasteiger partial charge in [-0.05, 0) is 28.0 Å². The van der Waals surface area contributed by atoms with Gasteiger partial charge in [-0.1, -0.05) is 52.0 Å². The number of aliphatic imine (C=N–C) groups is 2. The quantitative estimate of drug-likeness (QED) is 0.844. The lowest BCUT2D eigenvalue weighted by atomic mass is 9.92. The average Bonchev–Trinajstić information content (AvgIpc) is 2.47. The smallest absolute Gasteiger partial charge is 0.261 e. The molecule has 1 aliphatic carbocycles. The minimum absolute atomic E-state index is 0.0446. The zero-order chi connectivity index (χ0) is 15.6. The predicted molar refractivity (Wildman–Crippen MR) is 87.6 cm³/mol. The first-order chi connectivity index (χ1) is 10.0. The zero-order valence-corrected chi connectivity index (χ0v) is 12.9. The van der Waals surface area contributed by atoms with E-state index in [1.54, 1.807) is 0 Å². The molecule has 2 N–H and O–H groups in total. The molecule has 0 spiro atoms. The monoisotopic (exact) mass is 283 g/mol. The van der Waals surface area contributed by atoms with Crippen molar-refractivity contribution >= 4 is 29.7 Å². The molecule has 3 rings (SSSR count). The Balaban J connectivity index is 0.000000774. The number of carbonyl (C=O) groups is 1. The highest BCUT2D eigenvalue weighted by molar-refractivity contribution is 6.29. The van der Waals surface area contributed by atoms with Gasteiger partial charge in [0.05, 0.1) is 5.71 Å². The number of benzene rings is 1. The second kappa shape index (κ2) is 6.04. The number of amides is 1. The van der Waals surface area contributed by atoms with Gasteiger partial charge in [0.15, 0.2) is 0 Å². The number of nitrogens with zero attached hydrogens (tertiary/aromatic N) is 2. The molecule has 0 aromatic heterocycles. The third kappa shape index (κ3) is 2.94. The van der Waals surface area contributed by atoms with Gasteiger partial charge < -0.3 is 5.73 Å². The standard InChI is InChI=1S/C15H15N3O.C2H6/c1-8(2)9-3-4-10-7-13-12(6-11(10)5-9)14(19)18-15(16)17-13;1-2/h3-8,12H,1-2H3,(H2,16,18,19);1-2H3. The number of rotatable bonds is 1. The Bertz CT molecular complexity index is 742. The third-order valence-electron chi connectivity index (χ3n) is 3.48. The van der Waals surface area contributed by atoms with Crippen LogP contribution in [0, 0.1) is 5.92 Å². The fourth-order valence-corrected chi connectivity index (χ4v) is 2.38. The van der Waals surface area contributed by atoms with Crippen molar-refractivity contribution in [2.75, 3.05) is 0 Å². The van der Waals surface area contributed by atoms with Crippen molar-refractivity contribution in [2.24, 2.45) is 21.6 Å². The lowest BCUT2D eigenvalue weighted by molar-refractivity contribution is -0.118. The van der Waals surface area contributed by atoms with E-state index >= 15 is 0 Å². The van der Waals surface area contributed by atoms with E-state index in [2.05, 4.69) is 42.0 Å². The Hall–Kier alpha value is -2.23. The van der Waals surface area contributed by atoms with E-state index in [-0.39, 0.29) is 17.8 Å². The van der Waals surface area contributed by atoms with E-state index in [9.17, 15) is 4.79 Å². The van der Waals surface area contributed by atoms with Crippen LogP contribution in [-0.2, 0) is 4.79 Å². The average molecular weight is 283 g/mol. The van der Waals surface area contributed by atoms with Gasteiger partial charge in [0.1, 0.15) is 5.92 Å². The van der Waals surface area contributed by atoms with Crippen molar-refractivity contribution in [2.45, 2.75) is 33.6 Å². The van der Waals surface area contributed by atoms with Crippen LogP contribution in [0.5, 0.6) is 0 Å². The molecule has 1 aromatic carbocycles. The summed E-state index contributed by atoms with van der Waals surface area (Å²) in [4.78, 5) is 19.7. The first-order valence-corrected chi connectivity index (χ1v) is 7.35. The lowest BCUT2D eigenvalue weighted by Gasteiger charge is -2.17. The predicted octanol–water partition coefficient (Wildman–Crippen LogP) is 1.32. The highest BCUT2D eigenvalue weighted by Gasteiger charge is 2.26. The van der Waals surface area contributed by atoms with Crippen LogP contribution in [0.25, 0.3) is 12.2 Å². The molecule has 1 unspecified atom stereocenters. The van der Waals surface area contributed by atoms with Gasteiger partial charge in [-0.15, -0.1) is 0 Å². The first kappa shape index (κ1) is 15.2. The minimum Gasteiger partial charge on any atom is -0.368 e. The van der Waals surface area contributed by atoms with Crippen molar-refractivity contribution < 1.29 is 4.79 Å². The normalized spacial score (nSPS) is 19.1. The van der Waals surface area contributed by atoms with E-state index in [0.717, 1.165) is 10.4 Å². The van der Waals surface area contributed by atoms with Crippen molar-refractivity contribution in [1.29, 1.82) is 0 Å². The summed E-state index contributed by atoms with van der Waals surface area (Å²) in [7, 11) is 0. The molecule has 1 aromatic rings. The summed E-state index contributed by atoms with van der Waals surface area (Å²) in [6.07, 6.45) is 3.85. The summed E-state index contributed by atoms with van der Waals surface area (Å²) in [6.45, 7) is 8.30. The molecule has 21 heavy (non-hydrogen) atoms. The van der Waals surface area contributed by atoms with Crippen LogP contribution >= 0.6 is 0 Å². The molecule has 1 aliphatic heterocycles. The first-order valence-electron chi connectivity index (χ1n) is 7.35. The van der Waals surface area contributed by atoms with E-state index in [0.29, 0.717) is 11.6 Å². The molecule has 0 fully saturated rings. The maximum absolute atomic E-state index is 11.9. The summed E-state index contributed by atoms with van der Waals surface area (Å²) in [5, 5.41) is 2.14. The number of hydrogen-bond acceptors (Lipinski definition) is 3. The van der Waals surface area contributed by atoms with Gasteiger partial charge in [0.2, 0.25) is 5.96 Å². The van der Waals surface area contributed by atoms with Crippen molar-refractivity contribution in [1.82, 2.24) is 0 Å². The fourth-order valence-electron chi connectivity index (χ4n) is 2.38. The number of carbonyl (C=O) groups excluding carboxylic acids is 1. The molecule has 2 aliphatic rings. The SMILES string of the molecule is CC.CC(C)c1ccc2c(c1)=CC1C(=O)N=C(N)N=C1C=2. The highest BCUT2D eigenvalue weighted by atomic mass is 16.1. The molecular formula is C17H21N3O. The zero-order valence-electron chi connectivity index (χ0n) is 12.9. The summed E-state index contributed by atoms with van der Waals surface area (Å²) in [5.41, 5.74) is 7.47. The molecule has 4 nitrogen and oxygen atoms in total. The highest BCUT2D eigenvalue weighted by Crippen LogP contribution is 2.15. The minimum atomic E-state index is -0.387. The molecular weight excluding hydrogens is 262 g/mol. The summed E-state index contributed by atoms with van der Waals surface area (Å²) < 4.78 is 0. The van der Waals surface area contributed by atoms with Gasteiger partial charge in [-0.25, -0.2) is 4.99 Å². The molecule has 110 valence electrons. The Labute approximate surface area is 124 Å². The lowest BCUT2D eigenvalue weighted by Crippen LogP contribution is -2.39. The van der Waals surface area contributed by atoms with Gasteiger partial charge in [-0.3, -0.25) is 4.79 Å². The van der Waals surface area contributed by atoms with E-state index in [4.69, 9.17) is 5.73 Å². The molecule has 4 heteroatoms. The molecule has 1 heterocycles. The molecule has 1 amide bonds. The number of guanidine groups is 1. The molecule has 0 bridgehead atoms. The topological polar surface area (TPSA) is 67.8 Å². The van der Waals surface area contributed by atoms with Crippen LogP contribution in [0.15, 0.2) is 28.2 Å². The summed E-state index contributed by atoms with van der Waals surface area (Å²) in [6, 6.07) is 6.30. The van der Waals surface area contributed by atoms with Crippen LogP contribution in [0.3, 0.4) is 0 Å². The van der Waals surface area contributed by atoms with Crippen molar-refractivity contribution in [3.8, 4) is 0 Å². The van der Waals surface area contributed by atoms with Crippen LogP contribution in [0.2, 0.25) is 0 Å². The van der Waals surface area contributed by atoms with Crippen LogP contribution in [-0.4, -0.2) is 17.6 Å². The molecule has 0 saturated carbocycles. The maximum Gasteiger partial charge on any atom is 0.261 e. The van der Waals surface area contributed by atoms with Crippen molar-refractivity contribution in [3.63, 3.8) is 0 Å². The second-order valence-corrected chi connectivity index (χ2v) is 5.18. The maximum atomic E-state index is 11.9. The fraction of sp³-hybridized carbons (Fsp3) is 0.353. The Morgan fingerprint density at radius 3 is 2.52 bits per heavy atom. The number of fused-ring (bicyclic) bond motifs is 2. The molecule has 0 radical (unpaired) electrons. The van der Waals surface area contributed by atoms with E-state index in [1.165, 1.54) is 5.56 Å². The van der Waals surface area contributed by atoms with E-state index in [1.807, 2.05) is 26.0 Å². The van der Waals surface area contributed by atoms with E-state index < -0.39 is 0 Å². The summed E-state index contributed by atoms with van der Waals surface area (Å²) >= 11 is 0. The van der Waals surface area contributed by atoms with Crippen LogP contribution in [0.1, 0.15) is 39.2 Å². The molecule has 0 saturated heterocycles. The Morgan fingerprint density at radius 2 is 1.86 bits per heavy atom. The van der Waals surface area contributed by atoms with Gasteiger partial charge in [-0.2, -0.15) is 4.99 Å².